The van der Waals surface area contributed by atoms with E-state index in [2.05, 4.69) is 0 Å². The molecule has 0 radical (unpaired) electrons. The van der Waals surface area contributed by atoms with Crippen molar-refractivity contribution in [3.8, 4) is 0 Å². The first-order valence-corrected chi connectivity index (χ1v) is 7.44. The van der Waals surface area contributed by atoms with Crippen molar-refractivity contribution < 1.29 is 19.1 Å². The third-order valence-corrected chi connectivity index (χ3v) is 4.28. The number of hydrogen-bond acceptors (Lipinski definition) is 3. The number of likely N-dealkylation sites (tertiary alicyclic amines) is 1. The van der Waals surface area contributed by atoms with Gasteiger partial charge in [0, 0.05) is 17.5 Å². The molecule has 1 aliphatic rings. The fourth-order valence-corrected chi connectivity index (χ4v) is 3.12. The van der Waals surface area contributed by atoms with Crippen molar-refractivity contribution in [1.29, 1.82) is 0 Å². The summed E-state index contributed by atoms with van der Waals surface area (Å²) in [7, 11) is 0. The van der Waals surface area contributed by atoms with Gasteiger partial charge >= 0.3 is 5.97 Å². The molecule has 1 fully saturated rings. The molecule has 1 N–H and O–H groups in total. The van der Waals surface area contributed by atoms with E-state index in [0.717, 1.165) is 17.7 Å². The molecule has 0 aliphatic carbocycles. The van der Waals surface area contributed by atoms with E-state index in [-0.39, 0.29) is 29.9 Å². The number of carbonyl (C=O) groups excluding carboxylic acids is 1. The average Bonchev–Trinajstić information content (AvgIpc) is 2.85. The molecule has 1 amide bonds. The van der Waals surface area contributed by atoms with E-state index in [0.29, 0.717) is 6.54 Å². The van der Waals surface area contributed by atoms with Crippen LogP contribution >= 0.6 is 11.8 Å². The summed E-state index contributed by atoms with van der Waals surface area (Å²) in [6.07, 6.45) is 1.61. The Hall–Kier alpha value is -1.56. The van der Waals surface area contributed by atoms with Crippen LogP contribution in [-0.2, 0) is 9.59 Å². The zero-order valence-electron chi connectivity index (χ0n) is 10.9. The molecule has 1 atom stereocenters. The number of rotatable bonds is 5. The lowest BCUT2D eigenvalue weighted by atomic mass is 10.1. The number of hydrogen-bond donors (Lipinski definition) is 1. The molecule has 0 spiro atoms. The Kier molecular flexibility index (Phi) is 5.00. The first-order valence-electron chi connectivity index (χ1n) is 6.46. The predicted molar refractivity (Wildman–Crippen MR) is 74.1 cm³/mol. The van der Waals surface area contributed by atoms with Gasteiger partial charge in [-0.15, -0.1) is 11.8 Å². The first kappa shape index (κ1) is 14.8. The minimum absolute atomic E-state index is 0.00690. The normalized spacial score (nSPS) is 18.2. The van der Waals surface area contributed by atoms with E-state index in [1.807, 2.05) is 0 Å². The maximum absolute atomic E-state index is 12.8. The van der Waals surface area contributed by atoms with E-state index >= 15 is 0 Å². The second-order valence-corrected chi connectivity index (χ2v) is 5.77. The van der Waals surface area contributed by atoms with Crippen LogP contribution in [0.25, 0.3) is 0 Å². The Morgan fingerprint density at radius 1 is 1.35 bits per heavy atom. The number of thioether (sulfide) groups is 1. The van der Waals surface area contributed by atoms with Gasteiger partial charge in [0.1, 0.15) is 5.82 Å². The number of nitrogens with zero attached hydrogens (tertiary/aromatic N) is 1. The molecule has 6 heteroatoms. The SMILES string of the molecule is O=C(O)CC1CCCN1C(=O)CSc1ccc(F)cc1. The molecule has 20 heavy (non-hydrogen) atoms. The van der Waals surface area contributed by atoms with Gasteiger partial charge in [-0.25, -0.2) is 4.39 Å². The van der Waals surface area contributed by atoms with Crippen molar-refractivity contribution in [1.82, 2.24) is 4.90 Å². The third kappa shape index (κ3) is 3.96. The molecule has 4 nitrogen and oxygen atoms in total. The second-order valence-electron chi connectivity index (χ2n) is 4.72. The van der Waals surface area contributed by atoms with Crippen LogP contribution in [0.4, 0.5) is 4.39 Å². The highest BCUT2D eigenvalue weighted by atomic mass is 32.2. The van der Waals surface area contributed by atoms with Crippen molar-refractivity contribution in [2.24, 2.45) is 0 Å². The molecule has 1 heterocycles. The number of aliphatic carboxylic acids is 1. The van der Waals surface area contributed by atoms with Crippen LogP contribution in [0, 0.1) is 5.82 Å². The van der Waals surface area contributed by atoms with Crippen LogP contribution in [0.5, 0.6) is 0 Å². The lowest BCUT2D eigenvalue weighted by Crippen LogP contribution is -2.37. The van der Waals surface area contributed by atoms with E-state index < -0.39 is 5.97 Å². The van der Waals surface area contributed by atoms with E-state index in [1.165, 1.54) is 23.9 Å². The zero-order valence-corrected chi connectivity index (χ0v) is 11.7. The first-order chi connectivity index (χ1) is 9.56. The summed E-state index contributed by atoms with van der Waals surface area (Å²) in [6.45, 7) is 0.626. The smallest absolute Gasteiger partial charge is 0.305 e. The second kappa shape index (κ2) is 6.74. The fourth-order valence-electron chi connectivity index (χ4n) is 2.34. The number of carbonyl (C=O) groups is 2. The molecular formula is C14H16FNO3S. The van der Waals surface area contributed by atoms with Crippen molar-refractivity contribution in [3.63, 3.8) is 0 Å². The summed E-state index contributed by atoms with van der Waals surface area (Å²) in [5.74, 6) is -0.979. The molecule has 1 unspecified atom stereocenters. The van der Waals surface area contributed by atoms with Gasteiger partial charge in [-0.2, -0.15) is 0 Å². The van der Waals surface area contributed by atoms with E-state index in [4.69, 9.17) is 5.11 Å². The van der Waals surface area contributed by atoms with E-state index in [9.17, 15) is 14.0 Å². The Morgan fingerprint density at radius 2 is 2.05 bits per heavy atom. The molecule has 1 aliphatic heterocycles. The molecule has 2 rings (SSSR count). The van der Waals surface area contributed by atoms with Crippen molar-refractivity contribution in [2.75, 3.05) is 12.3 Å². The molecule has 108 valence electrons. The van der Waals surface area contributed by atoms with Gasteiger partial charge < -0.3 is 10.0 Å². The summed E-state index contributed by atoms with van der Waals surface area (Å²) in [5.41, 5.74) is 0. The van der Waals surface area contributed by atoms with Gasteiger partial charge in [0.15, 0.2) is 0 Å². The summed E-state index contributed by atoms with van der Waals surface area (Å²) >= 11 is 1.34. The molecule has 0 bridgehead atoms. The molecule has 1 aromatic rings. The highest BCUT2D eigenvalue weighted by molar-refractivity contribution is 8.00. The standard InChI is InChI=1S/C14H16FNO3S/c15-10-3-5-12(6-4-10)20-9-13(17)16-7-1-2-11(16)8-14(18)19/h3-6,11H,1-2,7-9H2,(H,18,19). The predicted octanol–water partition coefficient (Wildman–Crippen LogP) is 2.38. The molecule has 0 aromatic heterocycles. The van der Waals surface area contributed by atoms with Gasteiger partial charge in [-0.05, 0) is 37.1 Å². The lowest BCUT2D eigenvalue weighted by Gasteiger charge is -2.23. The molecule has 1 saturated heterocycles. The molecular weight excluding hydrogens is 281 g/mol. The van der Waals surface area contributed by atoms with Crippen LogP contribution in [0.1, 0.15) is 19.3 Å². The highest BCUT2D eigenvalue weighted by Gasteiger charge is 2.29. The van der Waals surface area contributed by atoms with Gasteiger partial charge in [0.05, 0.1) is 12.2 Å². The summed E-state index contributed by atoms with van der Waals surface area (Å²) in [4.78, 5) is 25.4. The fraction of sp³-hybridized carbons (Fsp3) is 0.429. The molecule has 1 aromatic carbocycles. The Morgan fingerprint density at radius 3 is 2.70 bits per heavy atom. The number of carboxylic acids is 1. The van der Waals surface area contributed by atoms with Crippen molar-refractivity contribution in [3.05, 3.63) is 30.1 Å². The maximum atomic E-state index is 12.8. The zero-order chi connectivity index (χ0) is 14.5. The quantitative estimate of drug-likeness (QED) is 0.848. The van der Waals surface area contributed by atoms with Gasteiger partial charge in [-0.3, -0.25) is 9.59 Å². The summed E-state index contributed by atoms with van der Waals surface area (Å²) in [5, 5.41) is 8.83. The van der Waals surface area contributed by atoms with E-state index in [1.54, 1.807) is 17.0 Å². The maximum Gasteiger partial charge on any atom is 0.305 e. The van der Waals surface area contributed by atoms with Crippen molar-refractivity contribution >= 4 is 23.6 Å². The highest BCUT2D eigenvalue weighted by Crippen LogP contribution is 2.24. The van der Waals surface area contributed by atoms with Crippen LogP contribution in [0.15, 0.2) is 29.2 Å². The van der Waals surface area contributed by atoms with Crippen LogP contribution in [0.3, 0.4) is 0 Å². The Bertz CT molecular complexity index is 492. The lowest BCUT2D eigenvalue weighted by molar-refractivity contribution is -0.139. The monoisotopic (exact) mass is 297 g/mol. The minimum Gasteiger partial charge on any atom is -0.481 e. The molecule has 0 saturated carbocycles. The summed E-state index contributed by atoms with van der Waals surface area (Å²) in [6, 6.07) is 5.79. The van der Waals surface area contributed by atoms with Gasteiger partial charge in [-0.1, -0.05) is 0 Å². The third-order valence-electron chi connectivity index (χ3n) is 3.28. The van der Waals surface area contributed by atoms with Gasteiger partial charge in [0.2, 0.25) is 5.91 Å². The number of carboxylic acid groups (broad SMARTS) is 1. The van der Waals surface area contributed by atoms with Crippen LogP contribution in [-0.4, -0.2) is 40.2 Å². The topological polar surface area (TPSA) is 57.6 Å². The Labute approximate surface area is 121 Å². The number of halogens is 1. The van der Waals surface area contributed by atoms with Crippen LogP contribution in [0.2, 0.25) is 0 Å². The average molecular weight is 297 g/mol. The summed E-state index contributed by atoms with van der Waals surface area (Å²) < 4.78 is 12.8. The minimum atomic E-state index is -0.874. The van der Waals surface area contributed by atoms with Gasteiger partial charge in [0.25, 0.3) is 0 Å². The Balaban J connectivity index is 1.87. The van der Waals surface area contributed by atoms with Crippen molar-refractivity contribution in [2.45, 2.75) is 30.2 Å². The number of amides is 1. The largest absolute Gasteiger partial charge is 0.481 e. The van der Waals surface area contributed by atoms with Crippen LogP contribution < -0.4 is 0 Å². The number of benzene rings is 1.